The van der Waals surface area contributed by atoms with Gasteiger partial charge in [-0.3, -0.25) is 14.9 Å². The van der Waals surface area contributed by atoms with Gasteiger partial charge in [0.05, 0.1) is 16.4 Å². The summed E-state index contributed by atoms with van der Waals surface area (Å²) < 4.78 is 0. The maximum Gasteiger partial charge on any atom is 0.288 e. The summed E-state index contributed by atoms with van der Waals surface area (Å²) in [5.41, 5.74) is 3.85. The average Bonchev–Trinajstić information content (AvgIpc) is 2.58. The number of hydrazone groups is 1. The van der Waals surface area contributed by atoms with Crippen LogP contribution in [0.25, 0.3) is 0 Å². The van der Waals surface area contributed by atoms with Crippen molar-refractivity contribution in [1.82, 2.24) is 5.43 Å². The van der Waals surface area contributed by atoms with Crippen LogP contribution in [0.5, 0.6) is 0 Å². The van der Waals surface area contributed by atoms with E-state index in [1.54, 1.807) is 13.0 Å². The lowest BCUT2D eigenvalue weighted by Crippen LogP contribution is -2.26. The summed E-state index contributed by atoms with van der Waals surface area (Å²) in [4.78, 5) is 23.3. The highest BCUT2D eigenvalue weighted by atomic mass is 35.5. The lowest BCUT2D eigenvalue weighted by atomic mass is 10.2. The quantitative estimate of drug-likeness (QED) is 0.354. The highest BCUT2D eigenvalue weighted by Gasteiger charge is 2.14. The Morgan fingerprint density at radius 1 is 1.32 bits per heavy atom. The summed E-state index contributed by atoms with van der Waals surface area (Å²) >= 11 is 7.17. The number of amides is 1. The van der Waals surface area contributed by atoms with Crippen LogP contribution in [0.15, 0.2) is 52.5 Å². The minimum Gasteiger partial charge on any atom is -0.272 e. The predicted octanol–water partition coefficient (Wildman–Crippen LogP) is 4.19. The number of benzene rings is 2. The normalized spacial score (nSPS) is 12.1. The van der Waals surface area contributed by atoms with Crippen LogP contribution < -0.4 is 5.43 Å². The molecule has 0 heterocycles. The van der Waals surface area contributed by atoms with Crippen molar-refractivity contribution in [2.75, 3.05) is 0 Å². The number of nitrogens with zero attached hydrogens (tertiary/aromatic N) is 2. The summed E-state index contributed by atoms with van der Waals surface area (Å²) in [5, 5.41) is 14.4. The lowest BCUT2D eigenvalue weighted by Gasteiger charge is -2.09. The number of rotatable bonds is 6. The first-order valence-electron chi connectivity index (χ1n) is 7.37. The summed E-state index contributed by atoms with van der Waals surface area (Å²) in [5.74, 6) is -0.259. The molecule has 6 nitrogen and oxygen atoms in total. The van der Waals surface area contributed by atoms with E-state index in [9.17, 15) is 14.9 Å². The fourth-order valence-corrected chi connectivity index (χ4v) is 2.93. The van der Waals surface area contributed by atoms with Crippen LogP contribution in [0, 0.1) is 17.0 Å². The van der Waals surface area contributed by atoms with Gasteiger partial charge in [0.2, 0.25) is 0 Å². The molecule has 2 rings (SSSR count). The first-order valence-corrected chi connectivity index (χ1v) is 8.63. The predicted molar refractivity (Wildman–Crippen MR) is 100 cm³/mol. The van der Waals surface area contributed by atoms with E-state index < -0.39 is 4.92 Å². The SMILES string of the molecule is Cc1ccc(S[C@@H](C)C(=O)N/N=C\c2ccc(Cl)c([N+](=O)[O-])c2)cc1. The molecule has 1 amide bonds. The number of carbonyl (C=O) groups is 1. The van der Waals surface area contributed by atoms with E-state index in [0.29, 0.717) is 5.56 Å². The van der Waals surface area contributed by atoms with Crippen molar-refractivity contribution >= 4 is 41.2 Å². The van der Waals surface area contributed by atoms with Crippen LogP contribution in [-0.2, 0) is 4.79 Å². The molecule has 25 heavy (non-hydrogen) atoms. The molecule has 0 aliphatic heterocycles. The number of aryl methyl sites for hydroxylation is 1. The van der Waals surface area contributed by atoms with Crippen LogP contribution in [0.4, 0.5) is 5.69 Å². The number of nitro benzene ring substituents is 1. The smallest absolute Gasteiger partial charge is 0.272 e. The third-order valence-electron chi connectivity index (χ3n) is 3.26. The van der Waals surface area contributed by atoms with E-state index in [1.807, 2.05) is 31.2 Å². The molecule has 130 valence electrons. The monoisotopic (exact) mass is 377 g/mol. The van der Waals surface area contributed by atoms with Crippen molar-refractivity contribution in [3.63, 3.8) is 0 Å². The van der Waals surface area contributed by atoms with Crippen LogP contribution in [-0.4, -0.2) is 22.3 Å². The summed E-state index contributed by atoms with van der Waals surface area (Å²) in [7, 11) is 0. The van der Waals surface area contributed by atoms with Crippen molar-refractivity contribution in [3.05, 3.63) is 68.7 Å². The first-order chi connectivity index (χ1) is 11.9. The molecule has 0 unspecified atom stereocenters. The van der Waals surface area contributed by atoms with E-state index in [4.69, 9.17) is 11.6 Å². The molecular weight excluding hydrogens is 362 g/mol. The van der Waals surface area contributed by atoms with Gasteiger partial charge in [-0.15, -0.1) is 11.8 Å². The second kappa shape index (κ2) is 8.64. The number of thioether (sulfide) groups is 1. The number of carbonyl (C=O) groups excluding carboxylic acids is 1. The number of nitro groups is 1. The Morgan fingerprint density at radius 2 is 2.00 bits per heavy atom. The number of hydrogen-bond donors (Lipinski definition) is 1. The zero-order valence-electron chi connectivity index (χ0n) is 13.6. The third-order valence-corrected chi connectivity index (χ3v) is 4.69. The average molecular weight is 378 g/mol. The minimum atomic E-state index is -0.571. The topological polar surface area (TPSA) is 84.6 Å². The van der Waals surface area contributed by atoms with Crippen LogP contribution in [0.2, 0.25) is 5.02 Å². The first kappa shape index (κ1) is 19.0. The molecular formula is C17H16ClN3O3S. The maximum atomic E-state index is 12.1. The molecule has 8 heteroatoms. The highest BCUT2D eigenvalue weighted by Crippen LogP contribution is 2.25. The van der Waals surface area contributed by atoms with Crippen molar-refractivity contribution in [3.8, 4) is 0 Å². The standard InChI is InChI=1S/C17H16ClN3O3S/c1-11-3-6-14(7-4-11)25-12(2)17(22)20-19-10-13-5-8-15(18)16(9-13)21(23)24/h3-10,12H,1-2H3,(H,20,22)/b19-10-/t12-/m0/s1. The molecule has 0 bridgehead atoms. The Hall–Kier alpha value is -2.38. The Kier molecular flexibility index (Phi) is 6.55. The Morgan fingerprint density at radius 3 is 2.64 bits per heavy atom. The van der Waals surface area contributed by atoms with E-state index in [2.05, 4.69) is 10.5 Å². The van der Waals surface area contributed by atoms with E-state index >= 15 is 0 Å². The van der Waals surface area contributed by atoms with E-state index in [0.717, 1.165) is 10.5 Å². The van der Waals surface area contributed by atoms with Crippen molar-refractivity contribution in [2.24, 2.45) is 5.10 Å². The fraction of sp³-hybridized carbons (Fsp3) is 0.176. The zero-order valence-corrected chi connectivity index (χ0v) is 15.2. The Labute approximate surface area is 154 Å². The van der Waals surface area contributed by atoms with Crippen molar-refractivity contribution < 1.29 is 9.72 Å². The largest absolute Gasteiger partial charge is 0.288 e. The Bertz CT molecular complexity index is 809. The molecule has 0 spiro atoms. The van der Waals surface area contributed by atoms with Gasteiger partial charge < -0.3 is 0 Å². The van der Waals surface area contributed by atoms with Crippen LogP contribution >= 0.6 is 23.4 Å². The zero-order chi connectivity index (χ0) is 18.4. The Balaban J connectivity index is 1.94. The van der Waals surface area contributed by atoms with Gasteiger partial charge >= 0.3 is 0 Å². The van der Waals surface area contributed by atoms with E-state index in [-0.39, 0.29) is 21.9 Å². The van der Waals surface area contributed by atoms with Gasteiger partial charge in [0.15, 0.2) is 0 Å². The molecule has 0 aliphatic rings. The number of halogens is 1. The van der Waals surface area contributed by atoms with E-state index in [1.165, 1.54) is 30.1 Å². The fourth-order valence-electron chi connectivity index (χ4n) is 1.89. The molecule has 0 aliphatic carbocycles. The molecule has 2 aromatic rings. The van der Waals surface area contributed by atoms with Gasteiger partial charge in [0.25, 0.3) is 11.6 Å². The second-order valence-electron chi connectivity index (χ2n) is 5.28. The highest BCUT2D eigenvalue weighted by molar-refractivity contribution is 8.00. The molecule has 2 aromatic carbocycles. The molecule has 0 aromatic heterocycles. The van der Waals surface area contributed by atoms with Gasteiger partial charge in [0, 0.05) is 16.5 Å². The maximum absolute atomic E-state index is 12.1. The van der Waals surface area contributed by atoms with Crippen molar-refractivity contribution in [1.29, 1.82) is 0 Å². The number of hydrogen-bond acceptors (Lipinski definition) is 5. The summed E-state index contributed by atoms with van der Waals surface area (Å²) in [6.45, 7) is 3.78. The summed E-state index contributed by atoms with van der Waals surface area (Å²) in [6.07, 6.45) is 1.34. The minimum absolute atomic E-state index is 0.0503. The van der Waals surface area contributed by atoms with Gasteiger partial charge in [-0.1, -0.05) is 35.4 Å². The molecule has 0 saturated heterocycles. The van der Waals surface area contributed by atoms with Gasteiger partial charge in [-0.25, -0.2) is 5.43 Å². The molecule has 0 saturated carbocycles. The third kappa shape index (κ3) is 5.58. The van der Waals surface area contributed by atoms with Crippen LogP contribution in [0.1, 0.15) is 18.1 Å². The lowest BCUT2D eigenvalue weighted by molar-refractivity contribution is -0.384. The molecule has 0 radical (unpaired) electrons. The molecule has 0 fully saturated rings. The number of nitrogens with one attached hydrogen (secondary N) is 1. The molecule has 1 N–H and O–H groups in total. The van der Waals surface area contributed by atoms with Gasteiger partial charge in [-0.2, -0.15) is 5.10 Å². The van der Waals surface area contributed by atoms with Crippen molar-refractivity contribution in [2.45, 2.75) is 24.0 Å². The van der Waals surface area contributed by atoms with Gasteiger partial charge in [-0.05, 0) is 32.0 Å². The summed E-state index contributed by atoms with van der Waals surface area (Å²) in [6, 6.07) is 12.2. The second-order valence-corrected chi connectivity index (χ2v) is 7.10. The molecule has 1 atom stereocenters. The van der Waals surface area contributed by atoms with Crippen LogP contribution in [0.3, 0.4) is 0 Å². The van der Waals surface area contributed by atoms with Gasteiger partial charge in [0.1, 0.15) is 5.02 Å².